The Morgan fingerprint density at radius 2 is 1.78 bits per heavy atom. The molecule has 0 spiro atoms. The van der Waals surface area contributed by atoms with Crippen LogP contribution in [0.2, 0.25) is 0 Å². The predicted molar refractivity (Wildman–Crippen MR) is 71.0 cm³/mol. The summed E-state index contributed by atoms with van der Waals surface area (Å²) in [6, 6.07) is 0.104. The molecule has 18 heavy (non-hydrogen) atoms. The molecule has 0 saturated heterocycles. The van der Waals surface area contributed by atoms with Crippen molar-refractivity contribution in [1.29, 1.82) is 0 Å². The quantitative estimate of drug-likeness (QED) is 0.870. The average Bonchev–Trinajstić information content (AvgIpc) is 2.76. The van der Waals surface area contributed by atoms with Crippen molar-refractivity contribution < 1.29 is 0 Å². The van der Waals surface area contributed by atoms with Gasteiger partial charge < -0.3 is 5.73 Å². The van der Waals surface area contributed by atoms with Gasteiger partial charge in [-0.05, 0) is 63.2 Å². The van der Waals surface area contributed by atoms with Gasteiger partial charge >= 0.3 is 0 Å². The Balaban J connectivity index is 1.70. The van der Waals surface area contributed by atoms with Gasteiger partial charge in [0.1, 0.15) is 0 Å². The smallest absolute Gasteiger partial charge is 0.0635 e. The fourth-order valence-electron chi connectivity index (χ4n) is 5.18. The minimum Gasteiger partial charge on any atom is -0.324 e. The monoisotopic (exact) mass is 245 g/mol. The first kappa shape index (κ1) is 11.0. The number of hydrogen-bond donors (Lipinski definition) is 1. The van der Waals surface area contributed by atoms with Crippen LogP contribution in [0.15, 0.2) is 12.4 Å². The summed E-state index contributed by atoms with van der Waals surface area (Å²) in [5.74, 6) is 2.91. The summed E-state index contributed by atoms with van der Waals surface area (Å²) in [5, 5.41) is 4.66. The lowest BCUT2D eigenvalue weighted by molar-refractivity contribution is -0.0494. The third kappa shape index (κ3) is 1.49. The predicted octanol–water partition coefficient (Wildman–Crippen LogP) is 2.83. The summed E-state index contributed by atoms with van der Waals surface area (Å²) in [6.45, 7) is 2.04. The maximum absolute atomic E-state index is 5.97. The normalized spacial score (nSPS) is 43.3. The lowest BCUT2D eigenvalue weighted by Crippen LogP contribution is -2.52. The summed E-state index contributed by atoms with van der Waals surface area (Å²) in [5.41, 5.74) is 7.50. The van der Waals surface area contributed by atoms with Gasteiger partial charge in [-0.25, -0.2) is 0 Å². The number of hydrogen-bond acceptors (Lipinski definition) is 2. The van der Waals surface area contributed by atoms with Crippen LogP contribution < -0.4 is 5.73 Å². The Hall–Kier alpha value is -0.830. The molecule has 4 bridgehead atoms. The number of nitrogens with two attached hydrogens (primary N) is 1. The summed E-state index contributed by atoms with van der Waals surface area (Å²) < 4.78 is 2.29. The van der Waals surface area contributed by atoms with Crippen LogP contribution in [0.25, 0.3) is 0 Å². The summed E-state index contributed by atoms with van der Waals surface area (Å²) >= 11 is 0. The van der Waals surface area contributed by atoms with Crippen LogP contribution in [-0.2, 0) is 5.54 Å². The highest BCUT2D eigenvalue weighted by Gasteiger charge is 2.52. The standard InChI is InChI=1S/C15H23N3/c1-10(16)14-8-17-18(9-14)15-5-11-2-12(6-15)4-13(3-11)7-15/h8-13H,2-7,16H2,1H3. The Labute approximate surface area is 109 Å². The minimum atomic E-state index is 0.104. The zero-order chi connectivity index (χ0) is 12.3. The van der Waals surface area contributed by atoms with Crippen molar-refractivity contribution in [3.63, 3.8) is 0 Å². The fourth-order valence-corrected chi connectivity index (χ4v) is 5.18. The maximum Gasteiger partial charge on any atom is 0.0635 e. The summed E-state index contributed by atoms with van der Waals surface area (Å²) in [4.78, 5) is 0. The summed E-state index contributed by atoms with van der Waals surface area (Å²) in [7, 11) is 0. The van der Waals surface area contributed by atoms with E-state index in [-0.39, 0.29) is 6.04 Å². The van der Waals surface area contributed by atoms with E-state index < -0.39 is 0 Å². The molecule has 0 aliphatic heterocycles. The third-order valence-electron chi connectivity index (χ3n) is 5.62. The van der Waals surface area contributed by atoms with E-state index in [4.69, 9.17) is 5.73 Å². The second-order valence-corrected chi connectivity index (χ2v) is 7.15. The van der Waals surface area contributed by atoms with Gasteiger partial charge in [-0.2, -0.15) is 5.10 Å². The van der Waals surface area contributed by atoms with E-state index in [9.17, 15) is 0 Å². The van der Waals surface area contributed by atoms with Crippen LogP contribution in [0, 0.1) is 17.8 Å². The van der Waals surface area contributed by atoms with Gasteiger partial charge in [0, 0.05) is 17.8 Å². The van der Waals surface area contributed by atoms with Crippen molar-refractivity contribution in [2.75, 3.05) is 0 Å². The Kier molecular flexibility index (Phi) is 2.20. The van der Waals surface area contributed by atoms with Crippen LogP contribution in [0.1, 0.15) is 57.1 Å². The molecule has 2 N–H and O–H groups in total. The maximum atomic E-state index is 5.97. The highest BCUT2D eigenvalue weighted by molar-refractivity contribution is 5.13. The first-order chi connectivity index (χ1) is 8.64. The van der Waals surface area contributed by atoms with E-state index in [2.05, 4.69) is 16.0 Å². The molecule has 1 aromatic rings. The zero-order valence-electron chi connectivity index (χ0n) is 11.2. The fraction of sp³-hybridized carbons (Fsp3) is 0.800. The van der Waals surface area contributed by atoms with E-state index in [1.54, 1.807) is 0 Å². The van der Waals surface area contributed by atoms with E-state index in [0.717, 1.165) is 17.8 Å². The van der Waals surface area contributed by atoms with Crippen molar-refractivity contribution in [1.82, 2.24) is 9.78 Å². The second kappa shape index (κ2) is 3.60. The van der Waals surface area contributed by atoms with E-state index in [0.29, 0.717) is 5.54 Å². The molecule has 3 nitrogen and oxygen atoms in total. The Bertz CT molecular complexity index is 425. The topological polar surface area (TPSA) is 43.8 Å². The molecule has 1 heterocycles. The third-order valence-corrected chi connectivity index (χ3v) is 5.62. The highest BCUT2D eigenvalue weighted by atomic mass is 15.3. The number of nitrogens with zero attached hydrogens (tertiary/aromatic N) is 2. The molecule has 3 heteroatoms. The lowest BCUT2D eigenvalue weighted by atomic mass is 9.53. The largest absolute Gasteiger partial charge is 0.324 e. The molecule has 4 aliphatic carbocycles. The molecule has 4 saturated carbocycles. The van der Waals surface area contributed by atoms with Crippen molar-refractivity contribution >= 4 is 0 Å². The van der Waals surface area contributed by atoms with Crippen molar-refractivity contribution in [3.8, 4) is 0 Å². The Morgan fingerprint density at radius 1 is 1.22 bits per heavy atom. The van der Waals surface area contributed by atoms with E-state index in [1.807, 2.05) is 13.1 Å². The van der Waals surface area contributed by atoms with Crippen molar-refractivity contribution in [2.24, 2.45) is 23.5 Å². The van der Waals surface area contributed by atoms with Gasteiger partial charge in [-0.15, -0.1) is 0 Å². The average molecular weight is 245 g/mol. The lowest BCUT2D eigenvalue weighted by Gasteiger charge is -2.56. The van der Waals surface area contributed by atoms with Crippen LogP contribution >= 0.6 is 0 Å². The molecular formula is C15H23N3. The van der Waals surface area contributed by atoms with E-state index >= 15 is 0 Å². The highest BCUT2D eigenvalue weighted by Crippen LogP contribution is 2.58. The molecule has 4 aliphatic rings. The van der Waals surface area contributed by atoms with Crippen LogP contribution in [0.4, 0.5) is 0 Å². The zero-order valence-corrected chi connectivity index (χ0v) is 11.2. The molecule has 0 amide bonds. The molecule has 1 aromatic heterocycles. The Morgan fingerprint density at radius 3 is 2.22 bits per heavy atom. The molecule has 98 valence electrons. The second-order valence-electron chi connectivity index (χ2n) is 7.15. The van der Waals surface area contributed by atoms with Crippen LogP contribution in [0.5, 0.6) is 0 Å². The van der Waals surface area contributed by atoms with Gasteiger partial charge in [0.05, 0.1) is 11.7 Å². The molecule has 1 atom stereocenters. The van der Waals surface area contributed by atoms with Crippen molar-refractivity contribution in [3.05, 3.63) is 18.0 Å². The minimum absolute atomic E-state index is 0.104. The molecular weight excluding hydrogens is 222 g/mol. The first-order valence-electron chi connectivity index (χ1n) is 7.45. The van der Waals surface area contributed by atoms with Crippen molar-refractivity contribution in [2.45, 2.75) is 57.0 Å². The number of aromatic nitrogens is 2. The van der Waals surface area contributed by atoms with Gasteiger partial charge in [0.25, 0.3) is 0 Å². The SMILES string of the molecule is CC(N)c1cnn(C23CC4CC(CC(C4)C2)C3)c1. The van der Waals surface area contributed by atoms with Crippen LogP contribution in [-0.4, -0.2) is 9.78 Å². The number of rotatable bonds is 2. The molecule has 5 rings (SSSR count). The van der Waals surface area contributed by atoms with Gasteiger partial charge in [0.2, 0.25) is 0 Å². The van der Waals surface area contributed by atoms with Crippen LogP contribution in [0.3, 0.4) is 0 Å². The molecule has 0 radical (unpaired) electrons. The first-order valence-corrected chi connectivity index (χ1v) is 7.45. The van der Waals surface area contributed by atoms with Gasteiger partial charge in [-0.1, -0.05) is 0 Å². The molecule has 0 aromatic carbocycles. The van der Waals surface area contributed by atoms with E-state index in [1.165, 1.54) is 44.1 Å². The van der Waals surface area contributed by atoms with Gasteiger partial charge in [0.15, 0.2) is 0 Å². The molecule has 4 fully saturated rings. The summed E-state index contributed by atoms with van der Waals surface area (Å²) in [6.07, 6.45) is 12.7. The molecule has 1 unspecified atom stereocenters. The van der Waals surface area contributed by atoms with Gasteiger partial charge in [-0.3, -0.25) is 4.68 Å².